The topological polar surface area (TPSA) is 52.6 Å². The number of carbonyl (C=O) groups excluding carboxylic acids is 2. The summed E-state index contributed by atoms with van der Waals surface area (Å²) >= 11 is 0. The van der Waals surface area contributed by atoms with Crippen molar-refractivity contribution in [1.82, 2.24) is 0 Å². The summed E-state index contributed by atoms with van der Waals surface area (Å²) in [4.78, 5) is 21.7. The molecule has 116 valence electrons. The van der Waals surface area contributed by atoms with E-state index in [4.69, 9.17) is 9.47 Å². The molecule has 4 heteroatoms. The summed E-state index contributed by atoms with van der Waals surface area (Å²) in [6.07, 6.45) is 0. The van der Waals surface area contributed by atoms with Gasteiger partial charge in [0.15, 0.2) is 0 Å². The fourth-order valence-corrected chi connectivity index (χ4v) is 0.730. The van der Waals surface area contributed by atoms with Crippen LogP contribution in [0.3, 0.4) is 0 Å². The van der Waals surface area contributed by atoms with Crippen LogP contribution in [-0.4, -0.2) is 23.1 Å². The Kier molecular flexibility index (Phi) is 8.16. The van der Waals surface area contributed by atoms with Crippen LogP contribution in [0.5, 0.6) is 0 Å². The van der Waals surface area contributed by atoms with Crippen molar-refractivity contribution in [3.63, 3.8) is 0 Å². The van der Waals surface area contributed by atoms with Crippen LogP contribution in [0.15, 0.2) is 24.3 Å². The van der Waals surface area contributed by atoms with E-state index in [-0.39, 0.29) is 11.9 Å². The zero-order valence-electron chi connectivity index (χ0n) is 14.0. The van der Waals surface area contributed by atoms with Gasteiger partial charge in [-0.05, 0) is 55.4 Å². The van der Waals surface area contributed by atoms with Crippen molar-refractivity contribution in [1.29, 1.82) is 0 Å². The van der Waals surface area contributed by atoms with Crippen molar-refractivity contribution in [2.45, 2.75) is 66.6 Å². The molecule has 0 amide bonds. The van der Waals surface area contributed by atoms with Crippen molar-refractivity contribution in [3.8, 4) is 0 Å². The van der Waals surface area contributed by atoms with Gasteiger partial charge in [-0.15, -0.1) is 0 Å². The highest BCUT2D eigenvalue weighted by Crippen LogP contribution is 2.09. The number of hydrogen-bond acceptors (Lipinski definition) is 4. The van der Waals surface area contributed by atoms with E-state index >= 15 is 0 Å². The maximum atomic E-state index is 10.8. The highest BCUT2D eigenvalue weighted by atomic mass is 16.6. The molecule has 0 atom stereocenters. The third-order valence-electron chi connectivity index (χ3n) is 1.49. The van der Waals surface area contributed by atoms with Crippen LogP contribution in [-0.2, 0) is 19.1 Å². The van der Waals surface area contributed by atoms with E-state index in [9.17, 15) is 9.59 Å². The van der Waals surface area contributed by atoms with Gasteiger partial charge in [-0.25, -0.2) is 9.59 Å². The minimum atomic E-state index is -0.407. The first-order chi connectivity index (χ1) is 8.65. The molecule has 0 aliphatic carbocycles. The van der Waals surface area contributed by atoms with E-state index in [1.165, 1.54) is 0 Å². The largest absolute Gasteiger partial charge is 0.457 e. The van der Waals surface area contributed by atoms with Crippen LogP contribution in [0.25, 0.3) is 0 Å². The lowest BCUT2D eigenvalue weighted by atomic mass is 10.2. The Bertz CT molecular complexity index is 340. The molecule has 0 aliphatic heterocycles. The van der Waals surface area contributed by atoms with Crippen molar-refractivity contribution < 1.29 is 19.1 Å². The molecule has 0 aromatic carbocycles. The molecule has 0 saturated heterocycles. The maximum absolute atomic E-state index is 10.8. The molecule has 0 fully saturated rings. The Hall–Kier alpha value is -1.58. The molecule has 0 aromatic rings. The average molecular weight is 284 g/mol. The standard InChI is InChI=1S/2C8H14O2/c2*1-6(2)7(9)10-8(3,4)5/h2*1H2,2-5H3. The number of rotatable bonds is 2. The van der Waals surface area contributed by atoms with Gasteiger partial charge in [0.25, 0.3) is 0 Å². The second-order valence-electron chi connectivity index (χ2n) is 6.56. The van der Waals surface area contributed by atoms with Crippen LogP contribution in [0.2, 0.25) is 0 Å². The minimum Gasteiger partial charge on any atom is -0.457 e. The van der Waals surface area contributed by atoms with E-state index in [1.807, 2.05) is 41.5 Å². The predicted molar refractivity (Wildman–Crippen MR) is 81.3 cm³/mol. The molecule has 0 saturated carbocycles. The molecule has 4 nitrogen and oxygen atoms in total. The molecule has 0 bridgehead atoms. The normalized spacial score (nSPS) is 10.8. The molecule has 0 spiro atoms. The number of esters is 2. The fourth-order valence-electron chi connectivity index (χ4n) is 0.730. The van der Waals surface area contributed by atoms with Gasteiger partial charge in [0.1, 0.15) is 11.2 Å². The number of hydrogen-bond donors (Lipinski definition) is 0. The van der Waals surface area contributed by atoms with Gasteiger partial charge in [-0.2, -0.15) is 0 Å². The Balaban J connectivity index is 0. The Morgan fingerprint density at radius 2 is 0.900 bits per heavy atom. The first kappa shape index (κ1) is 20.7. The molecule has 0 heterocycles. The molecule has 20 heavy (non-hydrogen) atoms. The van der Waals surface area contributed by atoms with Gasteiger partial charge in [0.2, 0.25) is 0 Å². The molecule has 0 radical (unpaired) electrons. The highest BCUT2D eigenvalue weighted by Gasteiger charge is 2.16. The SMILES string of the molecule is C=C(C)C(=O)OC(C)(C)C.C=C(C)C(=O)OC(C)(C)C. The summed E-state index contributed by atoms with van der Waals surface area (Å²) in [5.41, 5.74) is 0.0661. The van der Waals surface area contributed by atoms with Crippen LogP contribution >= 0.6 is 0 Å². The molecule has 0 rings (SSSR count). The molecule has 0 N–H and O–H groups in total. The highest BCUT2D eigenvalue weighted by molar-refractivity contribution is 5.87. The molecular weight excluding hydrogens is 256 g/mol. The summed E-state index contributed by atoms with van der Waals surface area (Å²) in [6.45, 7) is 21.2. The zero-order valence-corrected chi connectivity index (χ0v) is 14.0. The number of ether oxygens (including phenoxy) is 2. The van der Waals surface area contributed by atoms with Gasteiger partial charge in [-0.3, -0.25) is 0 Å². The van der Waals surface area contributed by atoms with Gasteiger partial charge >= 0.3 is 11.9 Å². The van der Waals surface area contributed by atoms with E-state index in [1.54, 1.807) is 13.8 Å². The van der Waals surface area contributed by atoms with Gasteiger partial charge in [0.05, 0.1) is 0 Å². The van der Waals surface area contributed by atoms with Gasteiger partial charge < -0.3 is 9.47 Å². The van der Waals surface area contributed by atoms with Crippen LogP contribution < -0.4 is 0 Å². The summed E-state index contributed by atoms with van der Waals surface area (Å²) < 4.78 is 9.92. The second kappa shape index (κ2) is 7.88. The monoisotopic (exact) mass is 284 g/mol. The molecule has 0 unspecified atom stereocenters. The van der Waals surface area contributed by atoms with Crippen LogP contribution in [0, 0.1) is 0 Å². The first-order valence-electron chi connectivity index (χ1n) is 6.43. The van der Waals surface area contributed by atoms with Crippen molar-refractivity contribution in [2.75, 3.05) is 0 Å². The summed E-state index contributed by atoms with van der Waals surface area (Å²) in [5, 5.41) is 0. The Morgan fingerprint density at radius 1 is 0.700 bits per heavy atom. The minimum absolute atomic E-state index is 0.326. The summed E-state index contributed by atoms with van der Waals surface area (Å²) in [6, 6.07) is 0. The average Bonchev–Trinajstić information content (AvgIpc) is 2.12. The maximum Gasteiger partial charge on any atom is 0.333 e. The van der Waals surface area contributed by atoms with E-state index in [0.717, 1.165) is 0 Å². The van der Waals surface area contributed by atoms with E-state index in [0.29, 0.717) is 11.1 Å². The number of carbonyl (C=O) groups is 2. The van der Waals surface area contributed by atoms with Crippen LogP contribution in [0.4, 0.5) is 0 Å². The Morgan fingerprint density at radius 3 is 0.950 bits per heavy atom. The summed E-state index contributed by atoms with van der Waals surface area (Å²) in [7, 11) is 0. The lowest BCUT2D eigenvalue weighted by Crippen LogP contribution is -2.23. The Labute approximate surface area is 122 Å². The first-order valence-corrected chi connectivity index (χ1v) is 6.43. The van der Waals surface area contributed by atoms with Crippen molar-refractivity contribution in [2.24, 2.45) is 0 Å². The third kappa shape index (κ3) is 14.5. The van der Waals surface area contributed by atoms with Crippen molar-refractivity contribution in [3.05, 3.63) is 24.3 Å². The van der Waals surface area contributed by atoms with E-state index < -0.39 is 11.2 Å². The lowest BCUT2D eigenvalue weighted by molar-refractivity contribution is -0.150. The summed E-state index contributed by atoms with van der Waals surface area (Å²) in [5.74, 6) is -0.653. The molecular formula is C16H28O4. The van der Waals surface area contributed by atoms with E-state index in [2.05, 4.69) is 13.2 Å². The predicted octanol–water partition coefficient (Wildman–Crippen LogP) is 3.81. The van der Waals surface area contributed by atoms with Gasteiger partial charge in [0, 0.05) is 11.1 Å². The third-order valence-corrected chi connectivity index (χ3v) is 1.49. The quantitative estimate of drug-likeness (QED) is 0.571. The lowest BCUT2D eigenvalue weighted by Gasteiger charge is -2.19. The van der Waals surface area contributed by atoms with Crippen LogP contribution in [0.1, 0.15) is 55.4 Å². The second-order valence-corrected chi connectivity index (χ2v) is 6.56. The zero-order chi connectivity index (χ0) is 16.7. The molecule has 0 aromatic heterocycles. The van der Waals surface area contributed by atoms with Crippen molar-refractivity contribution >= 4 is 11.9 Å². The van der Waals surface area contributed by atoms with Gasteiger partial charge in [-0.1, -0.05) is 13.2 Å². The fraction of sp³-hybridized carbons (Fsp3) is 0.625. The molecule has 0 aliphatic rings. The smallest absolute Gasteiger partial charge is 0.333 e.